The van der Waals surface area contributed by atoms with Crippen LogP contribution in [0.1, 0.15) is 42.2 Å². The number of benzene rings is 2. The number of nitriles is 1. The van der Waals surface area contributed by atoms with Gasteiger partial charge in [0.2, 0.25) is 0 Å². The molecule has 0 aliphatic heterocycles. The molecule has 0 heterocycles. The largest absolute Gasteiger partial charge is 0.446 e. The predicted molar refractivity (Wildman–Crippen MR) is 102 cm³/mol. The molecular weight excluding hydrogens is 411 g/mol. The van der Waals surface area contributed by atoms with E-state index in [1.165, 1.54) is 12.1 Å². The quantitative estimate of drug-likeness (QED) is 0.433. The van der Waals surface area contributed by atoms with Gasteiger partial charge < -0.3 is 10.4 Å². The molecule has 2 N–H and O–H groups in total. The van der Waals surface area contributed by atoms with Crippen molar-refractivity contribution < 1.29 is 27.1 Å². The molecule has 1 aliphatic carbocycles. The number of aliphatic hydroxyl groups is 1. The third kappa shape index (κ3) is 5.19. The minimum Gasteiger partial charge on any atom is -0.382 e. The highest BCUT2D eigenvalue weighted by molar-refractivity contribution is 8.00. The number of nitrogens with zero attached hydrogens (tertiary/aromatic N) is 1. The second-order valence-corrected chi connectivity index (χ2v) is 7.32. The van der Waals surface area contributed by atoms with Gasteiger partial charge in [-0.3, -0.25) is 0 Å². The van der Waals surface area contributed by atoms with Crippen LogP contribution in [0.5, 0.6) is 0 Å². The molecule has 2 aromatic carbocycles. The fraction of sp³-hybridized carbons (Fsp3) is 0.350. The van der Waals surface area contributed by atoms with Crippen LogP contribution in [0.4, 0.5) is 33.3 Å². The van der Waals surface area contributed by atoms with Gasteiger partial charge in [-0.1, -0.05) is 13.8 Å². The summed E-state index contributed by atoms with van der Waals surface area (Å²) in [5.74, 6) is -3.56. The van der Waals surface area contributed by atoms with E-state index in [-0.39, 0.29) is 11.3 Å². The lowest BCUT2D eigenvalue weighted by Gasteiger charge is -2.17. The Balaban J connectivity index is 0.00000145. The Morgan fingerprint density at radius 1 is 1.21 bits per heavy atom. The fourth-order valence-electron chi connectivity index (χ4n) is 3.08. The number of halogens is 5. The topological polar surface area (TPSA) is 56.0 Å². The monoisotopic (exact) mass is 430 g/mol. The maximum atomic E-state index is 14.0. The van der Waals surface area contributed by atoms with Gasteiger partial charge in [-0.15, -0.1) is 0 Å². The Hall–Kier alpha value is -2.31. The lowest BCUT2D eigenvalue weighted by atomic mass is 10.1. The Labute approximate surface area is 169 Å². The summed E-state index contributed by atoms with van der Waals surface area (Å²) < 4.78 is 66.3. The van der Waals surface area contributed by atoms with Gasteiger partial charge in [0.25, 0.3) is 5.92 Å². The van der Waals surface area contributed by atoms with Gasteiger partial charge >= 0.3 is 5.51 Å². The number of hydrogen-bond acceptors (Lipinski definition) is 4. The highest BCUT2D eigenvalue weighted by atomic mass is 32.2. The normalized spacial score (nSPS) is 17.0. The molecule has 1 unspecified atom stereocenters. The Kier molecular flexibility index (Phi) is 6.81. The first-order valence-corrected chi connectivity index (χ1v) is 9.58. The zero-order valence-electron chi connectivity index (χ0n) is 15.9. The van der Waals surface area contributed by atoms with Crippen molar-refractivity contribution in [2.45, 2.75) is 49.6 Å². The average molecular weight is 430 g/mol. The number of anilines is 2. The molecule has 0 radical (unpaired) electrons. The van der Waals surface area contributed by atoms with Gasteiger partial charge in [0.15, 0.2) is 0 Å². The molecule has 0 aromatic heterocycles. The van der Waals surface area contributed by atoms with Crippen LogP contribution >= 0.6 is 11.8 Å². The van der Waals surface area contributed by atoms with Crippen molar-refractivity contribution in [3.8, 4) is 6.07 Å². The molecular formula is C20H19F5N2OS. The Bertz CT molecular complexity index is 938. The summed E-state index contributed by atoms with van der Waals surface area (Å²) in [4.78, 5) is -0.449. The highest BCUT2D eigenvalue weighted by Gasteiger charge is 2.50. The van der Waals surface area contributed by atoms with E-state index in [1.807, 2.05) is 19.9 Å². The number of alkyl halides is 5. The first-order valence-electron chi connectivity index (χ1n) is 8.76. The molecule has 0 spiro atoms. The number of aryl methyl sites for hydroxylation is 1. The number of nitrogens with one attached hydrogen (secondary N) is 1. The molecule has 1 atom stereocenters. The maximum absolute atomic E-state index is 14.0. The van der Waals surface area contributed by atoms with E-state index in [0.29, 0.717) is 11.3 Å². The number of hydrogen-bond donors (Lipinski definition) is 2. The zero-order valence-corrected chi connectivity index (χ0v) is 16.7. The van der Waals surface area contributed by atoms with E-state index in [0.717, 1.165) is 11.6 Å². The molecule has 1 aliphatic rings. The Morgan fingerprint density at radius 3 is 2.45 bits per heavy atom. The zero-order chi connectivity index (χ0) is 22.0. The molecule has 0 saturated heterocycles. The summed E-state index contributed by atoms with van der Waals surface area (Å²) in [6.07, 6.45) is -3.19. The summed E-state index contributed by atoms with van der Waals surface area (Å²) in [5, 5.41) is 21.8. The van der Waals surface area contributed by atoms with Gasteiger partial charge in [-0.05, 0) is 60.1 Å². The number of aliphatic hydroxyl groups excluding tert-OH is 1. The lowest BCUT2D eigenvalue weighted by molar-refractivity contribution is -0.0976. The van der Waals surface area contributed by atoms with Crippen LogP contribution in [0.3, 0.4) is 0 Å². The maximum Gasteiger partial charge on any atom is 0.446 e. The summed E-state index contributed by atoms with van der Waals surface area (Å²) in [5.41, 5.74) is -3.44. The van der Waals surface area contributed by atoms with Gasteiger partial charge in [-0.25, -0.2) is 8.78 Å². The SMILES string of the molecule is CC.Cc1cc(C#N)cc(Nc2ccc(SC(F)(F)F)c3c2CC(F)(F)C3O)c1. The van der Waals surface area contributed by atoms with Gasteiger partial charge in [0, 0.05) is 28.3 Å². The number of thioether (sulfide) groups is 1. The van der Waals surface area contributed by atoms with Gasteiger partial charge in [-0.2, -0.15) is 18.4 Å². The van der Waals surface area contributed by atoms with Crippen molar-refractivity contribution in [1.29, 1.82) is 5.26 Å². The summed E-state index contributed by atoms with van der Waals surface area (Å²) in [7, 11) is 0. The molecule has 156 valence electrons. The number of fused-ring (bicyclic) bond motifs is 1. The van der Waals surface area contributed by atoms with Crippen molar-refractivity contribution in [2.75, 3.05) is 5.32 Å². The first-order chi connectivity index (χ1) is 13.5. The van der Waals surface area contributed by atoms with E-state index < -0.39 is 46.2 Å². The molecule has 29 heavy (non-hydrogen) atoms. The van der Waals surface area contributed by atoms with Crippen molar-refractivity contribution in [3.63, 3.8) is 0 Å². The third-order valence-corrected chi connectivity index (χ3v) is 4.92. The first kappa shape index (κ1) is 23.0. The minimum absolute atomic E-state index is 0.0678. The van der Waals surface area contributed by atoms with E-state index >= 15 is 0 Å². The molecule has 0 fully saturated rings. The van der Waals surface area contributed by atoms with Crippen molar-refractivity contribution in [1.82, 2.24) is 0 Å². The lowest BCUT2D eigenvalue weighted by Crippen LogP contribution is -2.21. The van der Waals surface area contributed by atoms with Crippen LogP contribution in [0, 0.1) is 18.3 Å². The van der Waals surface area contributed by atoms with Crippen molar-refractivity contribution >= 4 is 23.1 Å². The van der Waals surface area contributed by atoms with Crippen LogP contribution in [0.25, 0.3) is 0 Å². The van der Waals surface area contributed by atoms with E-state index in [4.69, 9.17) is 5.26 Å². The van der Waals surface area contributed by atoms with Crippen LogP contribution in [-0.2, 0) is 6.42 Å². The molecule has 0 bridgehead atoms. The summed E-state index contributed by atoms with van der Waals surface area (Å²) in [6.45, 7) is 5.75. The second-order valence-electron chi connectivity index (χ2n) is 6.22. The molecule has 3 rings (SSSR count). The van der Waals surface area contributed by atoms with E-state index in [9.17, 15) is 27.1 Å². The Morgan fingerprint density at radius 2 is 1.86 bits per heavy atom. The molecule has 0 saturated carbocycles. The fourth-order valence-corrected chi connectivity index (χ4v) is 3.81. The minimum atomic E-state index is -4.67. The molecule has 2 aromatic rings. The van der Waals surface area contributed by atoms with Crippen LogP contribution < -0.4 is 5.32 Å². The second kappa shape index (κ2) is 8.59. The van der Waals surface area contributed by atoms with Crippen LogP contribution in [0.15, 0.2) is 35.2 Å². The van der Waals surface area contributed by atoms with Crippen LogP contribution in [0.2, 0.25) is 0 Å². The van der Waals surface area contributed by atoms with Crippen molar-refractivity contribution in [2.24, 2.45) is 0 Å². The third-order valence-electron chi connectivity index (χ3n) is 4.11. The van der Waals surface area contributed by atoms with E-state index in [1.54, 1.807) is 19.1 Å². The van der Waals surface area contributed by atoms with Crippen LogP contribution in [-0.4, -0.2) is 16.5 Å². The highest BCUT2D eigenvalue weighted by Crippen LogP contribution is 2.52. The summed E-state index contributed by atoms with van der Waals surface area (Å²) >= 11 is -0.530. The van der Waals surface area contributed by atoms with Gasteiger partial charge in [0.05, 0.1) is 11.6 Å². The molecule has 0 amide bonds. The standard InChI is InChI=1S/C18H13F5N2OS.C2H6/c1-9-4-10(8-24)6-11(5-9)25-13-2-3-14(27-18(21,22)23)15-12(13)7-17(19,20)16(15)26;1-2/h2-6,16,25-26H,7H2,1H3;1-2H3. The summed E-state index contributed by atoms with van der Waals surface area (Å²) in [6, 6.07) is 9.12. The average Bonchev–Trinajstić information content (AvgIpc) is 2.87. The molecule has 9 heteroatoms. The predicted octanol–water partition coefficient (Wildman–Crippen LogP) is 6.47. The molecule has 3 nitrogen and oxygen atoms in total. The smallest absolute Gasteiger partial charge is 0.382 e. The van der Waals surface area contributed by atoms with Crippen molar-refractivity contribution in [3.05, 3.63) is 52.6 Å². The number of rotatable bonds is 3. The van der Waals surface area contributed by atoms with Gasteiger partial charge in [0.1, 0.15) is 6.10 Å². The van der Waals surface area contributed by atoms with E-state index in [2.05, 4.69) is 5.32 Å².